The van der Waals surface area contributed by atoms with Crippen LogP contribution in [0.15, 0.2) is 12.1 Å². The zero-order valence-electron chi connectivity index (χ0n) is 10.2. The molecular weight excluding hydrogens is 202 g/mol. The van der Waals surface area contributed by atoms with Crippen LogP contribution in [0.5, 0.6) is 5.88 Å². The number of hydrogen-bond acceptors (Lipinski definition) is 3. The molecule has 1 rings (SSSR count). The van der Waals surface area contributed by atoms with Crippen LogP contribution in [0, 0.1) is 6.92 Å². The summed E-state index contributed by atoms with van der Waals surface area (Å²) in [6.45, 7) is 4.84. The normalized spacial score (nSPS) is 10.4. The van der Waals surface area contributed by atoms with Crippen molar-refractivity contribution in [2.75, 3.05) is 6.61 Å². The maximum atomic E-state index is 9.00. The summed E-state index contributed by atoms with van der Waals surface area (Å²) in [5.74, 6) is 0.659. The van der Waals surface area contributed by atoms with Crippen LogP contribution in [0.25, 0.3) is 0 Å². The van der Waals surface area contributed by atoms with Gasteiger partial charge >= 0.3 is 0 Å². The van der Waals surface area contributed by atoms with E-state index in [0.29, 0.717) is 5.88 Å². The lowest BCUT2D eigenvalue weighted by Crippen LogP contribution is -2.01. The van der Waals surface area contributed by atoms with Crippen molar-refractivity contribution >= 4 is 0 Å². The second kappa shape index (κ2) is 7.23. The molecule has 3 heteroatoms. The van der Waals surface area contributed by atoms with Crippen LogP contribution in [0.1, 0.15) is 43.9 Å². The van der Waals surface area contributed by atoms with Crippen LogP contribution in [-0.2, 0) is 6.61 Å². The van der Waals surface area contributed by atoms with Gasteiger partial charge in [0.25, 0.3) is 0 Å². The average molecular weight is 223 g/mol. The molecule has 0 saturated carbocycles. The van der Waals surface area contributed by atoms with Crippen molar-refractivity contribution in [3.63, 3.8) is 0 Å². The molecule has 0 unspecified atom stereocenters. The topological polar surface area (TPSA) is 42.4 Å². The van der Waals surface area contributed by atoms with Crippen LogP contribution in [0.4, 0.5) is 0 Å². The number of aliphatic hydroxyl groups is 1. The van der Waals surface area contributed by atoms with Gasteiger partial charge < -0.3 is 9.84 Å². The highest BCUT2D eigenvalue weighted by Gasteiger charge is 2.01. The number of rotatable bonds is 7. The second-order valence-corrected chi connectivity index (χ2v) is 3.96. The van der Waals surface area contributed by atoms with E-state index in [1.807, 2.05) is 19.1 Å². The maximum absolute atomic E-state index is 9.00. The fourth-order valence-corrected chi connectivity index (χ4v) is 1.52. The summed E-state index contributed by atoms with van der Waals surface area (Å²) in [5, 5.41) is 9.00. The van der Waals surface area contributed by atoms with Crippen molar-refractivity contribution < 1.29 is 9.84 Å². The fraction of sp³-hybridized carbons (Fsp3) is 0.615. The Labute approximate surface area is 97.5 Å². The minimum Gasteiger partial charge on any atom is -0.478 e. The molecule has 0 aliphatic heterocycles. The van der Waals surface area contributed by atoms with Crippen molar-refractivity contribution in [3.05, 3.63) is 23.4 Å². The minimum absolute atomic E-state index is 0.0373. The average Bonchev–Trinajstić information content (AvgIpc) is 2.29. The number of aliphatic hydroxyl groups excluding tert-OH is 1. The number of pyridine rings is 1. The van der Waals surface area contributed by atoms with Crippen LogP contribution in [0.3, 0.4) is 0 Å². The molecule has 0 aliphatic carbocycles. The van der Waals surface area contributed by atoms with E-state index in [-0.39, 0.29) is 6.61 Å². The highest BCUT2D eigenvalue weighted by Crippen LogP contribution is 2.13. The molecule has 3 nitrogen and oxygen atoms in total. The lowest BCUT2D eigenvalue weighted by Gasteiger charge is -2.07. The SMILES string of the molecule is CCCCCCOc1ccc(CO)c(C)n1. The van der Waals surface area contributed by atoms with Crippen molar-refractivity contribution in [1.82, 2.24) is 4.98 Å². The monoisotopic (exact) mass is 223 g/mol. The molecule has 0 atom stereocenters. The third-order valence-electron chi connectivity index (χ3n) is 2.59. The van der Waals surface area contributed by atoms with Crippen molar-refractivity contribution in [3.8, 4) is 5.88 Å². The first-order chi connectivity index (χ1) is 7.77. The Hall–Kier alpha value is -1.09. The van der Waals surface area contributed by atoms with Gasteiger partial charge in [0.05, 0.1) is 13.2 Å². The Morgan fingerprint density at radius 2 is 2.06 bits per heavy atom. The first-order valence-electron chi connectivity index (χ1n) is 5.98. The first-order valence-corrected chi connectivity index (χ1v) is 5.98. The molecular formula is C13H21NO2. The van der Waals surface area contributed by atoms with Crippen LogP contribution in [0.2, 0.25) is 0 Å². The van der Waals surface area contributed by atoms with Gasteiger partial charge in [-0.3, -0.25) is 0 Å². The summed E-state index contributed by atoms with van der Waals surface area (Å²) in [5.41, 5.74) is 1.70. The molecule has 1 aromatic rings. The molecule has 0 aliphatic rings. The molecule has 1 N–H and O–H groups in total. The van der Waals surface area contributed by atoms with Gasteiger partial charge in [0, 0.05) is 11.8 Å². The number of hydrogen-bond donors (Lipinski definition) is 1. The highest BCUT2D eigenvalue weighted by atomic mass is 16.5. The van der Waals surface area contributed by atoms with E-state index in [1.54, 1.807) is 0 Å². The predicted octanol–water partition coefficient (Wildman–Crippen LogP) is 2.84. The summed E-state index contributed by atoms with van der Waals surface area (Å²) in [6, 6.07) is 3.68. The van der Waals surface area contributed by atoms with Gasteiger partial charge in [-0.25, -0.2) is 4.98 Å². The number of ether oxygens (including phenoxy) is 1. The lowest BCUT2D eigenvalue weighted by atomic mass is 10.2. The van der Waals surface area contributed by atoms with Gasteiger partial charge in [-0.15, -0.1) is 0 Å². The Bertz CT molecular complexity index is 313. The van der Waals surface area contributed by atoms with E-state index in [0.717, 1.165) is 24.3 Å². The second-order valence-electron chi connectivity index (χ2n) is 3.96. The molecule has 90 valence electrons. The van der Waals surface area contributed by atoms with Gasteiger partial charge in [-0.2, -0.15) is 0 Å². The zero-order valence-corrected chi connectivity index (χ0v) is 10.2. The molecule has 0 amide bonds. The van der Waals surface area contributed by atoms with E-state index < -0.39 is 0 Å². The predicted molar refractivity (Wildman–Crippen MR) is 64.5 cm³/mol. The Kier molecular flexibility index (Phi) is 5.86. The number of aromatic nitrogens is 1. The standard InChI is InChI=1S/C13H21NO2/c1-3-4-5-6-9-16-13-8-7-12(10-15)11(2)14-13/h7-8,15H,3-6,9-10H2,1-2H3. The molecule has 0 bridgehead atoms. The molecule has 16 heavy (non-hydrogen) atoms. The number of aryl methyl sites for hydroxylation is 1. The van der Waals surface area contributed by atoms with E-state index >= 15 is 0 Å². The largest absolute Gasteiger partial charge is 0.478 e. The Morgan fingerprint density at radius 1 is 1.25 bits per heavy atom. The minimum atomic E-state index is 0.0373. The third-order valence-corrected chi connectivity index (χ3v) is 2.59. The van der Waals surface area contributed by atoms with Gasteiger partial charge in [0.1, 0.15) is 0 Å². The van der Waals surface area contributed by atoms with Gasteiger partial charge in [0.2, 0.25) is 5.88 Å². The molecule has 0 fully saturated rings. The van der Waals surface area contributed by atoms with Crippen LogP contribution in [-0.4, -0.2) is 16.7 Å². The molecule has 1 heterocycles. The van der Waals surface area contributed by atoms with Crippen molar-refractivity contribution in [1.29, 1.82) is 0 Å². The van der Waals surface area contributed by atoms with E-state index in [2.05, 4.69) is 11.9 Å². The summed E-state index contributed by atoms with van der Waals surface area (Å²) in [4.78, 5) is 4.28. The van der Waals surface area contributed by atoms with Gasteiger partial charge in [-0.1, -0.05) is 26.2 Å². The maximum Gasteiger partial charge on any atom is 0.213 e. The quantitative estimate of drug-likeness (QED) is 0.723. The highest BCUT2D eigenvalue weighted by molar-refractivity contribution is 5.24. The first kappa shape index (κ1) is 13.0. The molecule has 1 aromatic heterocycles. The van der Waals surface area contributed by atoms with E-state index in [4.69, 9.17) is 9.84 Å². The Morgan fingerprint density at radius 3 is 2.69 bits per heavy atom. The molecule has 0 radical (unpaired) electrons. The number of nitrogens with zero attached hydrogens (tertiary/aromatic N) is 1. The molecule has 0 saturated heterocycles. The Balaban J connectivity index is 2.34. The van der Waals surface area contributed by atoms with Crippen molar-refractivity contribution in [2.24, 2.45) is 0 Å². The van der Waals surface area contributed by atoms with Gasteiger partial charge in [0.15, 0.2) is 0 Å². The lowest BCUT2D eigenvalue weighted by molar-refractivity contribution is 0.277. The van der Waals surface area contributed by atoms with E-state index in [9.17, 15) is 0 Å². The summed E-state index contributed by atoms with van der Waals surface area (Å²) in [6.07, 6.45) is 4.79. The zero-order chi connectivity index (χ0) is 11.8. The smallest absolute Gasteiger partial charge is 0.213 e. The summed E-state index contributed by atoms with van der Waals surface area (Å²) >= 11 is 0. The van der Waals surface area contributed by atoms with E-state index in [1.165, 1.54) is 19.3 Å². The fourth-order valence-electron chi connectivity index (χ4n) is 1.52. The van der Waals surface area contributed by atoms with Gasteiger partial charge in [-0.05, 0) is 25.0 Å². The van der Waals surface area contributed by atoms with Crippen molar-refractivity contribution in [2.45, 2.75) is 46.1 Å². The summed E-state index contributed by atoms with van der Waals surface area (Å²) < 4.78 is 5.54. The molecule has 0 aromatic carbocycles. The molecule has 0 spiro atoms. The van der Waals surface area contributed by atoms with Crippen LogP contribution >= 0.6 is 0 Å². The third kappa shape index (κ3) is 4.19. The summed E-state index contributed by atoms with van der Waals surface area (Å²) in [7, 11) is 0. The number of unbranched alkanes of at least 4 members (excludes halogenated alkanes) is 3. The van der Waals surface area contributed by atoms with Crippen LogP contribution < -0.4 is 4.74 Å².